The molecule has 4 nitrogen and oxygen atoms in total. The lowest BCUT2D eigenvalue weighted by molar-refractivity contribution is 0.102. The van der Waals surface area contributed by atoms with Gasteiger partial charge in [-0.2, -0.15) is 0 Å². The van der Waals surface area contributed by atoms with Crippen LogP contribution in [-0.2, 0) is 0 Å². The average molecular weight is 327 g/mol. The zero-order valence-electron chi connectivity index (χ0n) is 9.45. The Morgan fingerprint density at radius 3 is 2.83 bits per heavy atom. The molecule has 2 aromatic rings. The SMILES string of the molecule is Cc1cc(Br)ccc1C(=O)Nc1ccnc(Cl)n1. The first kappa shape index (κ1) is 13.0. The van der Waals surface area contributed by atoms with Crippen LogP contribution in [0.15, 0.2) is 34.9 Å². The van der Waals surface area contributed by atoms with Gasteiger partial charge in [-0.25, -0.2) is 9.97 Å². The van der Waals surface area contributed by atoms with Crippen molar-refractivity contribution in [2.24, 2.45) is 0 Å². The summed E-state index contributed by atoms with van der Waals surface area (Å²) in [6, 6.07) is 7.02. The number of carbonyl (C=O) groups excluding carboxylic acids is 1. The van der Waals surface area contributed by atoms with E-state index >= 15 is 0 Å². The van der Waals surface area contributed by atoms with Crippen LogP contribution < -0.4 is 5.32 Å². The van der Waals surface area contributed by atoms with E-state index in [1.807, 2.05) is 19.1 Å². The molecule has 1 heterocycles. The second-order valence-corrected chi connectivity index (χ2v) is 4.88. The Labute approximate surface area is 118 Å². The topological polar surface area (TPSA) is 54.9 Å². The normalized spacial score (nSPS) is 10.2. The Balaban J connectivity index is 2.22. The van der Waals surface area contributed by atoms with Crippen LogP contribution in [0.25, 0.3) is 0 Å². The van der Waals surface area contributed by atoms with Crippen molar-refractivity contribution in [3.63, 3.8) is 0 Å². The lowest BCUT2D eigenvalue weighted by Crippen LogP contribution is -2.14. The van der Waals surface area contributed by atoms with Crippen molar-refractivity contribution in [1.82, 2.24) is 9.97 Å². The quantitative estimate of drug-likeness (QED) is 0.860. The predicted octanol–water partition coefficient (Wildman–Crippen LogP) is 3.45. The Morgan fingerprint density at radius 1 is 1.39 bits per heavy atom. The van der Waals surface area contributed by atoms with Crippen molar-refractivity contribution in [1.29, 1.82) is 0 Å². The van der Waals surface area contributed by atoms with Gasteiger partial charge in [0.1, 0.15) is 5.82 Å². The summed E-state index contributed by atoms with van der Waals surface area (Å²) >= 11 is 9.00. The molecule has 1 aromatic carbocycles. The van der Waals surface area contributed by atoms with Gasteiger partial charge in [-0.05, 0) is 48.4 Å². The first-order chi connectivity index (χ1) is 8.56. The van der Waals surface area contributed by atoms with Crippen LogP contribution in [0.4, 0.5) is 5.82 Å². The van der Waals surface area contributed by atoms with E-state index in [2.05, 4.69) is 31.2 Å². The third-order valence-corrected chi connectivity index (χ3v) is 2.98. The Morgan fingerprint density at radius 2 is 2.17 bits per heavy atom. The summed E-state index contributed by atoms with van der Waals surface area (Å²) in [7, 11) is 0. The van der Waals surface area contributed by atoms with E-state index in [-0.39, 0.29) is 11.2 Å². The summed E-state index contributed by atoms with van der Waals surface area (Å²) in [5, 5.41) is 2.77. The molecule has 0 aliphatic carbocycles. The number of aryl methyl sites for hydroxylation is 1. The fourth-order valence-electron chi connectivity index (χ4n) is 1.47. The molecule has 1 amide bonds. The molecule has 0 saturated carbocycles. The van der Waals surface area contributed by atoms with Crippen LogP contribution in [0.3, 0.4) is 0 Å². The van der Waals surface area contributed by atoms with Crippen molar-refractivity contribution in [3.05, 3.63) is 51.3 Å². The van der Waals surface area contributed by atoms with Crippen LogP contribution in [0, 0.1) is 6.92 Å². The van der Waals surface area contributed by atoms with Gasteiger partial charge in [0.05, 0.1) is 0 Å². The fourth-order valence-corrected chi connectivity index (χ4v) is 2.09. The number of benzene rings is 1. The summed E-state index contributed by atoms with van der Waals surface area (Å²) in [5.41, 5.74) is 1.47. The number of rotatable bonds is 2. The molecule has 0 unspecified atom stereocenters. The second kappa shape index (κ2) is 5.46. The molecule has 0 fully saturated rings. The van der Waals surface area contributed by atoms with Gasteiger partial charge >= 0.3 is 0 Å². The molecule has 0 atom stereocenters. The number of carbonyl (C=O) groups is 1. The molecule has 0 spiro atoms. The zero-order valence-corrected chi connectivity index (χ0v) is 11.8. The van der Waals surface area contributed by atoms with E-state index in [9.17, 15) is 4.79 Å². The van der Waals surface area contributed by atoms with Gasteiger partial charge in [-0.15, -0.1) is 0 Å². The predicted molar refractivity (Wildman–Crippen MR) is 73.9 cm³/mol. The molecular weight excluding hydrogens is 318 g/mol. The Bertz CT molecular complexity index is 604. The van der Waals surface area contributed by atoms with Gasteiger partial charge in [0, 0.05) is 16.2 Å². The van der Waals surface area contributed by atoms with Crippen molar-refractivity contribution in [2.75, 3.05) is 5.32 Å². The van der Waals surface area contributed by atoms with E-state index < -0.39 is 0 Å². The molecule has 0 aliphatic rings. The van der Waals surface area contributed by atoms with E-state index in [4.69, 9.17) is 11.6 Å². The number of aromatic nitrogens is 2. The molecule has 0 saturated heterocycles. The van der Waals surface area contributed by atoms with Crippen LogP contribution >= 0.6 is 27.5 Å². The molecule has 1 aromatic heterocycles. The molecule has 0 bridgehead atoms. The molecule has 0 aliphatic heterocycles. The zero-order chi connectivity index (χ0) is 13.1. The molecular formula is C12H9BrClN3O. The third kappa shape index (κ3) is 3.05. The number of nitrogens with zero attached hydrogens (tertiary/aromatic N) is 2. The van der Waals surface area contributed by atoms with Crippen molar-refractivity contribution in [3.8, 4) is 0 Å². The fraction of sp³-hybridized carbons (Fsp3) is 0.0833. The van der Waals surface area contributed by atoms with Gasteiger partial charge in [0.2, 0.25) is 5.28 Å². The highest BCUT2D eigenvalue weighted by atomic mass is 79.9. The highest BCUT2D eigenvalue weighted by Gasteiger charge is 2.10. The molecule has 6 heteroatoms. The van der Waals surface area contributed by atoms with Gasteiger partial charge in [0.15, 0.2) is 0 Å². The van der Waals surface area contributed by atoms with Crippen LogP contribution in [-0.4, -0.2) is 15.9 Å². The summed E-state index contributed by atoms with van der Waals surface area (Å²) in [6.07, 6.45) is 1.49. The minimum absolute atomic E-state index is 0.0975. The van der Waals surface area contributed by atoms with Gasteiger partial charge in [-0.3, -0.25) is 4.79 Å². The summed E-state index contributed by atoms with van der Waals surface area (Å²) in [6.45, 7) is 1.87. The van der Waals surface area contributed by atoms with Crippen LogP contribution in [0.5, 0.6) is 0 Å². The summed E-state index contributed by atoms with van der Waals surface area (Å²) in [5.74, 6) is 0.150. The van der Waals surface area contributed by atoms with Gasteiger partial charge < -0.3 is 5.32 Å². The first-order valence-corrected chi connectivity index (χ1v) is 6.29. The van der Waals surface area contributed by atoms with Gasteiger partial charge in [0.25, 0.3) is 5.91 Å². The van der Waals surface area contributed by atoms with Crippen molar-refractivity contribution < 1.29 is 4.79 Å². The number of halogens is 2. The number of amides is 1. The van der Waals surface area contributed by atoms with Crippen LogP contribution in [0.2, 0.25) is 5.28 Å². The highest BCUT2D eigenvalue weighted by molar-refractivity contribution is 9.10. The first-order valence-electron chi connectivity index (χ1n) is 5.12. The molecule has 0 radical (unpaired) electrons. The number of anilines is 1. The number of hydrogen-bond acceptors (Lipinski definition) is 3. The minimum Gasteiger partial charge on any atom is -0.306 e. The molecule has 92 valence electrons. The lowest BCUT2D eigenvalue weighted by atomic mass is 10.1. The Hall–Kier alpha value is -1.46. The maximum absolute atomic E-state index is 12.0. The van der Waals surface area contributed by atoms with Crippen LogP contribution in [0.1, 0.15) is 15.9 Å². The lowest BCUT2D eigenvalue weighted by Gasteiger charge is -2.07. The average Bonchev–Trinajstić information content (AvgIpc) is 2.28. The van der Waals surface area contributed by atoms with Gasteiger partial charge in [-0.1, -0.05) is 15.9 Å². The smallest absolute Gasteiger partial charge is 0.257 e. The standard InChI is InChI=1S/C12H9BrClN3O/c1-7-6-8(13)2-3-9(7)11(18)16-10-4-5-15-12(14)17-10/h2-6H,1H3,(H,15,16,17,18). The van der Waals surface area contributed by atoms with Crippen molar-refractivity contribution in [2.45, 2.75) is 6.92 Å². The third-order valence-electron chi connectivity index (χ3n) is 2.30. The maximum Gasteiger partial charge on any atom is 0.257 e. The minimum atomic E-state index is -0.227. The van der Waals surface area contributed by atoms with E-state index in [0.29, 0.717) is 11.4 Å². The number of hydrogen-bond donors (Lipinski definition) is 1. The number of nitrogens with one attached hydrogen (secondary N) is 1. The summed E-state index contributed by atoms with van der Waals surface area (Å²) in [4.78, 5) is 19.7. The molecule has 2 rings (SSSR count). The van der Waals surface area contributed by atoms with Crippen molar-refractivity contribution >= 4 is 39.3 Å². The van der Waals surface area contributed by atoms with E-state index in [0.717, 1.165) is 10.0 Å². The van der Waals surface area contributed by atoms with E-state index in [1.165, 1.54) is 6.20 Å². The monoisotopic (exact) mass is 325 g/mol. The highest BCUT2D eigenvalue weighted by Crippen LogP contribution is 2.17. The molecule has 18 heavy (non-hydrogen) atoms. The van der Waals surface area contributed by atoms with E-state index in [1.54, 1.807) is 12.1 Å². The second-order valence-electron chi connectivity index (χ2n) is 3.62. The molecule has 1 N–H and O–H groups in total. The summed E-state index contributed by atoms with van der Waals surface area (Å²) < 4.78 is 0.932. The Kier molecular flexibility index (Phi) is 3.93. The maximum atomic E-state index is 12.0. The largest absolute Gasteiger partial charge is 0.306 e.